The number of nitrogens with zero attached hydrogens (tertiary/aromatic N) is 3. The first-order valence-corrected chi connectivity index (χ1v) is 8.05. The maximum Gasteiger partial charge on any atom is 0.0638 e. The number of likely N-dealkylation sites (N-methyl/N-ethyl adjacent to an activating group) is 1. The summed E-state index contributed by atoms with van der Waals surface area (Å²) in [6.07, 6.45) is 10.3. The van der Waals surface area contributed by atoms with Crippen LogP contribution in [0, 0.1) is 11.3 Å². The number of hydrogen-bond donors (Lipinski definition) is 0. The van der Waals surface area contributed by atoms with Crippen molar-refractivity contribution >= 4 is 0 Å². The van der Waals surface area contributed by atoms with E-state index in [1.807, 2.05) is 0 Å². The van der Waals surface area contributed by atoms with Crippen molar-refractivity contribution in [2.75, 3.05) is 20.1 Å². The summed E-state index contributed by atoms with van der Waals surface area (Å²) in [7, 11) is 2.19. The van der Waals surface area contributed by atoms with Crippen LogP contribution in [0.15, 0.2) is 0 Å². The Balaban J connectivity index is 2.05. The van der Waals surface area contributed by atoms with Gasteiger partial charge < -0.3 is 4.90 Å². The van der Waals surface area contributed by atoms with E-state index >= 15 is 0 Å². The van der Waals surface area contributed by atoms with Crippen molar-refractivity contribution in [3.63, 3.8) is 0 Å². The van der Waals surface area contributed by atoms with Crippen molar-refractivity contribution in [2.45, 2.75) is 76.4 Å². The fraction of sp³-hybridized carbons (Fsp3) is 0.938. The molecule has 0 amide bonds. The van der Waals surface area contributed by atoms with Crippen LogP contribution in [0.3, 0.4) is 0 Å². The summed E-state index contributed by atoms with van der Waals surface area (Å²) in [6.45, 7) is 4.61. The van der Waals surface area contributed by atoms with Gasteiger partial charge in [-0.05, 0) is 39.8 Å². The van der Waals surface area contributed by atoms with Gasteiger partial charge in [0, 0.05) is 24.7 Å². The molecule has 0 radical (unpaired) electrons. The van der Waals surface area contributed by atoms with Crippen molar-refractivity contribution in [3.8, 4) is 6.07 Å². The van der Waals surface area contributed by atoms with Crippen LogP contribution >= 0.6 is 0 Å². The van der Waals surface area contributed by atoms with Crippen LogP contribution in [0.1, 0.15) is 58.3 Å². The quantitative estimate of drug-likeness (QED) is 0.717. The van der Waals surface area contributed by atoms with Gasteiger partial charge in [0.25, 0.3) is 0 Å². The Labute approximate surface area is 118 Å². The van der Waals surface area contributed by atoms with Gasteiger partial charge in [-0.1, -0.05) is 25.7 Å². The van der Waals surface area contributed by atoms with Gasteiger partial charge >= 0.3 is 0 Å². The smallest absolute Gasteiger partial charge is 0.0638 e. The lowest BCUT2D eigenvalue weighted by molar-refractivity contribution is 0.117. The number of rotatable bonds is 2. The lowest BCUT2D eigenvalue weighted by Crippen LogP contribution is -2.46. The topological polar surface area (TPSA) is 30.3 Å². The van der Waals surface area contributed by atoms with Gasteiger partial charge in [0.1, 0.15) is 0 Å². The summed E-state index contributed by atoms with van der Waals surface area (Å²) in [5.74, 6) is 0. The molecule has 1 aliphatic carbocycles. The van der Waals surface area contributed by atoms with Crippen LogP contribution in [0.2, 0.25) is 0 Å². The molecule has 3 nitrogen and oxygen atoms in total. The average molecular weight is 263 g/mol. The predicted octanol–water partition coefficient (Wildman–Crippen LogP) is 3.02. The Bertz CT molecular complexity index is 302. The average Bonchev–Trinajstić information content (AvgIpc) is 2.74. The molecule has 0 N–H and O–H groups in total. The summed E-state index contributed by atoms with van der Waals surface area (Å²) in [5.41, 5.74) is 0. The lowest BCUT2D eigenvalue weighted by atomic mass is 10.0. The van der Waals surface area contributed by atoms with E-state index in [1.54, 1.807) is 0 Å². The van der Waals surface area contributed by atoms with Crippen molar-refractivity contribution in [2.24, 2.45) is 0 Å². The van der Waals surface area contributed by atoms with E-state index in [0.29, 0.717) is 18.5 Å². The van der Waals surface area contributed by atoms with E-state index in [2.05, 4.69) is 29.8 Å². The third-order valence-corrected chi connectivity index (χ3v) is 5.13. The first-order chi connectivity index (χ1) is 9.22. The fourth-order valence-corrected chi connectivity index (χ4v) is 3.73. The maximum absolute atomic E-state index is 9.04. The van der Waals surface area contributed by atoms with E-state index in [9.17, 15) is 0 Å². The third-order valence-electron chi connectivity index (χ3n) is 5.13. The molecule has 2 fully saturated rings. The molecule has 1 saturated heterocycles. The minimum atomic E-state index is 0.429. The molecular weight excluding hydrogens is 234 g/mol. The van der Waals surface area contributed by atoms with E-state index in [0.717, 1.165) is 19.1 Å². The van der Waals surface area contributed by atoms with Gasteiger partial charge in [-0.25, -0.2) is 0 Å². The molecule has 0 aromatic heterocycles. The second-order valence-electron chi connectivity index (χ2n) is 6.48. The molecule has 1 saturated carbocycles. The summed E-state index contributed by atoms with van der Waals surface area (Å²) in [5, 5.41) is 9.04. The molecule has 2 unspecified atom stereocenters. The highest BCUT2D eigenvalue weighted by molar-refractivity contribution is 4.91. The molecule has 0 bridgehead atoms. The van der Waals surface area contributed by atoms with Gasteiger partial charge in [0.2, 0.25) is 0 Å². The molecule has 2 aliphatic rings. The highest BCUT2D eigenvalue weighted by atomic mass is 15.3. The van der Waals surface area contributed by atoms with Crippen LogP contribution in [-0.2, 0) is 0 Å². The minimum Gasteiger partial charge on any atom is -0.301 e. The second kappa shape index (κ2) is 7.26. The summed E-state index contributed by atoms with van der Waals surface area (Å²) in [6, 6.07) is 4.25. The van der Waals surface area contributed by atoms with Crippen molar-refractivity contribution in [1.29, 1.82) is 5.26 Å². The largest absolute Gasteiger partial charge is 0.301 e. The normalized spacial score (nSPS) is 32.5. The summed E-state index contributed by atoms with van der Waals surface area (Å²) in [4.78, 5) is 5.13. The molecule has 2 rings (SSSR count). The zero-order valence-electron chi connectivity index (χ0n) is 12.6. The Morgan fingerprint density at radius 3 is 2.42 bits per heavy atom. The second-order valence-corrected chi connectivity index (χ2v) is 6.48. The zero-order valence-corrected chi connectivity index (χ0v) is 12.6. The zero-order chi connectivity index (χ0) is 13.7. The van der Waals surface area contributed by atoms with Crippen LogP contribution in [-0.4, -0.2) is 48.1 Å². The van der Waals surface area contributed by atoms with Gasteiger partial charge in [0.15, 0.2) is 0 Å². The van der Waals surface area contributed by atoms with Crippen LogP contribution < -0.4 is 0 Å². The van der Waals surface area contributed by atoms with E-state index < -0.39 is 0 Å². The van der Waals surface area contributed by atoms with Crippen molar-refractivity contribution < 1.29 is 0 Å². The standard InChI is InChI=1S/C16H29N3/c1-14-10-12-18(2)16(9-11-17)13-19(14)15-7-5-3-4-6-8-15/h14-16H,3-10,12-13H2,1-2H3. The molecule has 0 aromatic carbocycles. The van der Waals surface area contributed by atoms with Crippen molar-refractivity contribution in [1.82, 2.24) is 9.80 Å². The maximum atomic E-state index is 9.04. The molecule has 1 heterocycles. The Kier molecular flexibility index (Phi) is 5.66. The summed E-state index contributed by atoms with van der Waals surface area (Å²) < 4.78 is 0. The van der Waals surface area contributed by atoms with Gasteiger partial charge in [0.05, 0.1) is 12.5 Å². The first kappa shape index (κ1) is 14.8. The van der Waals surface area contributed by atoms with Crippen LogP contribution in [0.4, 0.5) is 0 Å². The van der Waals surface area contributed by atoms with E-state index in [1.165, 1.54) is 44.9 Å². The third kappa shape index (κ3) is 3.94. The van der Waals surface area contributed by atoms with Gasteiger partial charge in [-0.3, -0.25) is 4.90 Å². The van der Waals surface area contributed by atoms with Gasteiger partial charge in [-0.15, -0.1) is 0 Å². The monoisotopic (exact) mass is 263 g/mol. The Morgan fingerprint density at radius 1 is 1.11 bits per heavy atom. The SMILES string of the molecule is CC1CCN(C)C(CC#N)CN1C1CCCCCC1. The van der Waals surface area contributed by atoms with Gasteiger partial charge in [-0.2, -0.15) is 5.26 Å². The first-order valence-electron chi connectivity index (χ1n) is 8.05. The van der Waals surface area contributed by atoms with E-state index in [-0.39, 0.29) is 0 Å². The lowest BCUT2D eigenvalue weighted by Gasteiger charge is -2.36. The summed E-state index contributed by atoms with van der Waals surface area (Å²) >= 11 is 0. The molecule has 108 valence electrons. The molecule has 3 heteroatoms. The molecular formula is C16H29N3. The van der Waals surface area contributed by atoms with Crippen LogP contribution in [0.25, 0.3) is 0 Å². The number of nitriles is 1. The molecule has 2 atom stereocenters. The Morgan fingerprint density at radius 2 is 1.79 bits per heavy atom. The highest BCUT2D eigenvalue weighted by Crippen LogP contribution is 2.27. The highest BCUT2D eigenvalue weighted by Gasteiger charge is 2.31. The predicted molar refractivity (Wildman–Crippen MR) is 78.9 cm³/mol. The van der Waals surface area contributed by atoms with E-state index in [4.69, 9.17) is 5.26 Å². The molecule has 0 spiro atoms. The molecule has 19 heavy (non-hydrogen) atoms. The number of hydrogen-bond acceptors (Lipinski definition) is 3. The van der Waals surface area contributed by atoms with Crippen molar-refractivity contribution in [3.05, 3.63) is 0 Å². The molecule has 0 aromatic rings. The fourth-order valence-electron chi connectivity index (χ4n) is 3.73. The Hall–Kier alpha value is -0.590. The van der Waals surface area contributed by atoms with Crippen LogP contribution in [0.5, 0.6) is 0 Å². The molecule has 1 aliphatic heterocycles. The minimum absolute atomic E-state index is 0.429.